The molecule has 3 atom stereocenters. The zero-order chi connectivity index (χ0) is 24.2. The van der Waals surface area contributed by atoms with Crippen molar-refractivity contribution in [2.24, 2.45) is 7.05 Å². The molecule has 0 aliphatic carbocycles. The molecule has 0 saturated heterocycles. The van der Waals surface area contributed by atoms with Gasteiger partial charge in [-0.2, -0.15) is 10.4 Å². The van der Waals surface area contributed by atoms with Crippen molar-refractivity contribution in [3.63, 3.8) is 0 Å². The van der Waals surface area contributed by atoms with E-state index >= 15 is 0 Å². The summed E-state index contributed by atoms with van der Waals surface area (Å²) in [5.41, 5.74) is 5.70. The third-order valence-corrected chi connectivity index (χ3v) is 6.25. The molecule has 0 saturated carbocycles. The average molecular weight is 466 g/mol. The second-order valence-corrected chi connectivity index (χ2v) is 8.82. The Morgan fingerprint density at radius 1 is 1.11 bits per heavy atom. The molecule has 1 aliphatic heterocycles. The van der Waals surface area contributed by atoms with Crippen LogP contribution >= 0.6 is 0 Å². The fraction of sp³-hybridized carbons (Fsp3) is 0.250. The highest BCUT2D eigenvalue weighted by Gasteiger charge is 2.31. The van der Waals surface area contributed by atoms with Crippen LogP contribution < -0.4 is 10.1 Å². The number of benzene rings is 2. The minimum Gasteiger partial charge on any atom is -0.468 e. The number of pyridine rings is 1. The average Bonchev–Trinajstić information content (AvgIpc) is 3.35. The van der Waals surface area contributed by atoms with Crippen molar-refractivity contribution in [2.75, 3.05) is 18.5 Å². The van der Waals surface area contributed by atoms with Crippen molar-refractivity contribution < 1.29 is 9.47 Å². The SMILES string of the molecule is C[C@@H](CO[C@H](c1ccccc1)[C@@H]1CNc2cc(-c3cnn(C)c3)cnc2O1)c1ccc(C#N)cc1. The lowest BCUT2D eigenvalue weighted by Crippen LogP contribution is -2.38. The van der Waals surface area contributed by atoms with E-state index < -0.39 is 0 Å². The number of ether oxygens (including phenoxy) is 2. The van der Waals surface area contributed by atoms with Crippen LogP contribution in [0.1, 0.15) is 35.6 Å². The first-order valence-electron chi connectivity index (χ1n) is 11.7. The summed E-state index contributed by atoms with van der Waals surface area (Å²) in [4.78, 5) is 4.59. The third kappa shape index (κ3) is 5.03. The van der Waals surface area contributed by atoms with Gasteiger partial charge in [-0.3, -0.25) is 4.68 Å². The highest BCUT2D eigenvalue weighted by atomic mass is 16.5. The number of fused-ring (bicyclic) bond motifs is 1. The molecule has 0 amide bonds. The Kier molecular flexibility index (Phi) is 6.47. The molecular formula is C28H27N5O2. The zero-order valence-electron chi connectivity index (χ0n) is 19.8. The molecule has 7 nitrogen and oxygen atoms in total. The summed E-state index contributed by atoms with van der Waals surface area (Å²) in [6.45, 7) is 3.24. The number of nitrogens with zero attached hydrogens (tertiary/aromatic N) is 4. The predicted molar refractivity (Wildman–Crippen MR) is 134 cm³/mol. The molecule has 176 valence electrons. The number of anilines is 1. The first kappa shape index (κ1) is 22.6. The van der Waals surface area contributed by atoms with Gasteiger partial charge in [-0.15, -0.1) is 0 Å². The number of aromatic nitrogens is 3. The first-order chi connectivity index (χ1) is 17.1. The summed E-state index contributed by atoms with van der Waals surface area (Å²) in [7, 11) is 1.90. The van der Waals surface area contributed by atoms with Crippen molar-refractivity contribution in [3.05, 3.63) is 95.9 Å². The Morgan fingerprint density at radius 2 is 1.91 bits per heavy atom. The summed E-state index contributed by atoms with van der Waals surface area (Å²) in [5, 5.41) is 16.8. The van der Waals surface area contributed by atoms with Gasteiger partial charge in [-0.1, -0.05) is 49.4 Å². The molecule has 0 spiro atoms. The van der Waals surface area contributed by atoms with Crippen molar-refractivity contribution in [3.8, 4) is 23.1 Å². The highest BCUT2D eigenvalue weighted by Crippen LogP contribution is 2.35. The minimum absolute atomic E-state index is 0.165. The van der Waals surface area contributed by atoms with E-state index in [1.165, 1.54) is 0 Å². The van der Waals surface area contributed by atoms with Crippen molar-refractivity contribution in [1.82, 2.24) is 14.8 Å². The van der Waals surface area contributed by atoms with Crippen molar-refractivity contribution in [2.45, 2.75) is 25.0 Å². The summed E-state index contributed by atoms with van der Waals surface area (Å²) in [5.74, 6) is 0.733. The minimum atomic E-state index is -0.266. The monoisotopic (exact) mass is 465 g/mol. The lowest BCUT2D eigenvalue weighted by molar-refractivity contribution is -0.0305. The quantitative estimate of drug-likeness (QED) is 0.409. The Labute approximate surface area is 205 Å². The van der Waals surface area contributed by atoms with Crippen LogP contribution in [0.15, 0.2) is 79.3 Å². The van der Waals surface area contributed by atoms with Gasteiger partial charge in [0.05, 0.1) is 36.7 Å². The van der Waals surface area contributed by atoms with Crippen LogP contribution in [-0.4, -0.2) is 34.0 Å². The molecule has 1 aliphatic rings. The fourth-order valence-corrected chi connectivity index (χ4v) is 4.26. The van der Waals surface area contributed by atoms with E-state index in [1.807, 2.05) is 74.2 Å². The molecule has 1 N–H and O–H groups in total. The standard InChI is InChI=1S/C28H27N5O2/c1-19(21-10-8-20(13-29)9-11-21)18-34-27(22-6-4-3-5-7-22)26-16-30-25-12-23(14-31-28(25)35-26)24-15-32-33(2)17-24/h3-12,14-15,17,19,26-27,30H,16,18H2,1-2H3/t19-,26-,27+/m0/s1. The zero-order valence-corrected chi connectivity index (χ0v) is 19.8. The van der Waals surface area contributed by atoms with Crippen LogP contribution in [0.5, 0.6) is 5.88 Å². The molecule has 35 heavy (non-hydrogen) atoms. The smallest absolute Gasteiger partial charge is 0.237 e. The second-order valence-electron chi connectivity index (χ2n) is 8.82. The van der Waals surface area contributed by atoms with E-state index in [0.717, 1.165) is 27.9 Å². The van der Waals surface area contributed by atoms with Gasteiger partial charge in [0.15, 0.2) is 0 Å². The van der Waals surface area contributed by atoms with Gasteiger partial charge in [0, 0.05) is 36.5 Å². The molecule has 0 fully saturated rings. The van der Waals surface area contributed by atoms with Gasteiger partial charge in [-0.25, -0.2) is 4.98 Å². The summed E-state index contributed by atoms with van der Waals surface area (Å²) in [6, 6.07) is 22.0. The number of nitriles is 1. The van der Waals surface area contributed by atoms with Crippen LogP contribution in [0.2, 0.25) is 0 Å². The maximum atomic E-state index is 9.05. The lowest BCUT2D eigenvalue weighted by Gasteiger charge is -2.33. The Morgan fingerprint density at radius 3 is 2.63 bits per heavy atom. The third-order valence-electron chi connectivity index (χ3n) is 6.25. The Hall–Kier alpha value is -4.15. The molecule has 0 unspecified atom stereocenters. The van der Waals surface area contributed by atoms with Gasteiger partial charge >= 0.3 is 0 Å². The number of rotatable bonds is 7. The summed E-state index contributed by atoms with van der Waals surface area (Å²) >= 11 is 0. The lowest BCUT2D eigenvalue weighted by atomic mass is 9.99. The number of nitrogens with one attached hydrogen (secondary N) is 1. The molecule has 2 aromatic heterocycles. The van der Waals surface area contributed by atoms with Crippen molar-refractivity contribution in [1.29, 1.82) is 5.26 Å². The summed E-state index contributed by atoms with van der Waals surface area (Å²) < 4.78 is 14.6. The maximum absolute atomic E-state index is 9.05. The predicted octanol–water partition coefficient (Wildman–Crippen LogP) is 5.09. The van der Waals surface area contributed by atoms with Gasteiger partial charge < -0.3 is 14.8 Å². The first-order valence-corrected chi connectivity index (χ1v) is 11.7. The van der Waals surface area contributed by atoms with E-state index in [0.29, 0.717) is 24.6 Å². The van der Waals surface area contributed by atoms with E-state index in [-0.39, 0.29) is 18.1 Å². The van der Waals surface area contributed by atoms with E-state index in [9.17, 15) is 0 Å². The molecule has 0 radical (unpaired) electrons. The van der Waals surface area contributed by atoms with E-state index in [4.69, 9.17) is 14.7 Å². The van der Waals surface area contributed by atoms with Crippen LogP contribution in [0, 0.1) is 11.3 Å². The Bertz CT molecular complexity index is 1330. The summed E-state index contributed by atoms with van der Waals surface area (Å²) in [6.07, 6.45) is 5.09. The molecule has 3 heterocycles. The molecular weight excluding hydrogens is 438 g/mol. The van der Waals surface area contributed by atoms with Crippen LogP contribution in [0.25, 0.3) is 11.1 Å². The second kappa shape index (κ2) is 10.00. The fourth-order valence-electron chi connectivity index (χ4n) is 4.26. The van der Waals surface area contributed by atoms with Gasteiger partial charge in [-0.05, 0) is 29.3 Å². The van der Waals surface area contributed by atoms with Crippen LogP contribution in [-0.2, 0) is 11.8 Å². The Balaban J connectivity index is 1.33. The number of hydrogen-bond acceptors (Lipinski definition) is 6. The molecule has 5 rings (SSSR count). The normalized spacial score (nSPS) is 16.3. The van der Waals surface area contributed by atoms with Crippen molar-refractivity contribution >= 4 is 5.69 Å². The van der Waals surface area contributed by atoms with Crippen LogP contribution in [0.4, 0.5) is 5.69 Å². The maximum Gasteiger partial charge on any atom is 0.237 e. The van der Waals surface area contributed by atoms with Crippen LogP contribution in [0.3, 0.4) is 0 Å². The van der Waals surface area contributed by atoms with E-state index in [1.54, 1.807) is 4.68 Å². The highest BCUT2D eigenvalue weighted by molar-refractivity contribution is 5.69. The van der Waals surface area contributed by atoms with Gasteiger partial charge in [0.1, 0.15) is 12.2 Å². The molecule has 4 aromatic rings. The topological polar surface area (TPSA) is 85.0 Å². The largest absolute Gasteiger partial charge is 0.468 e. The number of aryl methyl sites for hydroxylation is 1. The molecule has 7 heteroatoms. The number of hydrogen-bond donors (Lipinski definition) is 1. The van der Waals surface area contributed by atoms with Gasteiger partial charge in [0.2, 0.25) is 5.88 Å². The molecule has 2 aromatic carbocycles. The van der Waals surface area contributed by atoms with E-state index in [2.05, 4.69) is 40.5 Å². The molecule has 0 bridgehead atoms. The van der Waals surface area contributed by atoms with Gasteiger partial charge in [0.25, 0.3) is 0 Å².